The van der Waals surface area contributed by atoms with E-state index in [2.05, 4.69) is 30.3 Å². The Hall–Kier alpha value is -3.02. The van der Waals surface area contributed by atoms with E-state index in [4.69, 9.17) is 0 Å². The Bertz CT molecular complexity index is 1100. The first-order valence-corrected chi connectivity index (χ1v) is 9.21. The molecule has 0 fully saturated rings. The SMILES string of the molecule is CC.CN1CN(Cc2ccc3ccccc3c2)c2c1n(C)c(=O)n(C)c2=O. The van der Waals surface area contributed by atoms with Crippen LogP contribution in [0.2, 0.25) is 0 Å². The van der Waals surface area contributed by atoms with Crippen molar-refractivity contribution in [3.05, 3.63) is 68.9 Å². The van der Waals surface area contributed by atoms with E-state index in [9.17, 15) is 9.59 Å². The highest BCUT2D eigenvalue weighted by atomic mass is 16.2. The lowest BCUT2D eigenvalue weighted by molar-refractivity contribution is 0.689. The molecule has 0 unspecified atom stereocenters. The molecule has 1 aromatic heterocycles. The molecule has 142 valence electrons. The third kappa shape index (κ3) is 3.12. The van der Waals surface area contributed by atoms with Crippen LogP contribution < -0.4 is 21.0 Å². The normalized spacial score (nSPS) is 12.8. The van der Waals surface area contributed by atoms with Gasteiger partial charge in [-0.3, -0.25) is 13.9 Å². The Morgan fingerprint density at radius 1 is 0.889 bits per heavy atom. The molecule has 0 saturated carbocycles. The summed E-state index contributed by atoms with van der Waals surface area (Å²) < 4.78 is 2.71. The standard InChI is InChI=1S/C19H20N4O2.C2H6/c1-20-12-23(16-17(20)21(2)19(25)22(3)18(16)24)11-13-8-9-14-6-4-5-7-15(14)10-13;1-2/h4-10H,11-12H2,1-3H3;1-2H3. The summed E-state index contributed by atoms with van der Waals surface area (Å²) in [6, 6.07) is 14.6. The van der Waals surface area contributed by atoms with E-state index in [1.54, 1.807) is 7.05 Å². The molecule has 3 aromatic rings. The van der Waals surface area contributed by atoms with Crippen molar-refractivity contribution in [3.63, 3.8) is 0 Å². The van der Waals surface area contributed by atoms with Gasteiger partial charge in [-0.1, -0.05) is 50.2 Å². The summed E-state index contributed by atoms with van der Waals surface area (Å²) in [5.74, 6) is 0.675. The first-order chi connectivity index (χ1) is 13.0. The van der Waals surface area contributed by atoms with Gasteiger partial charge in [-0.05, 0) is 22.4 Å². The van der Waals surface area contributed by atoms with E-state index in [-0.39, 0.29) is 11.2 Å². The molecule has 2 heterocycles. The van der Waals surface area contributed by atoms with Crippen LogP contribution in [0, 0.1) is 0 Å². The van der Waals surface area contributed by atoms with Crippen LogP contribution in [0.15, 0.2) is 52.1 Å². The Balaban J connectivity index is 0.00000102. The fraction of sp³-hybridized carbons (Fsp3) is 0.333. The number of benzene rings is 2. The Morgan fingerprint density at radius 3 is 2.26 bits per heavy atom. The summed E-state index contributed by atoms with van der Waals surface area (Å²) in [6.45, 7) is 5.20. The van der Waals surface area contributed by atoms with Crippen LogP contribution in [0.3, 0.4) is 0 Å². The van der Waals surface area contributed by atoms with Crippen molar-refractivity contribution in [3.8, 4) is 0 Å². The number of hydrogen-bond donors (Lipinski definition) is 0. The van der Waals surface area contributed by atoms with Crippen LogP contribution in [0.4, 0.5) is 11.5 Å². The van der Waals surface area contributed by atoms with Crippen molar-refractivity contribution in [2.45, 2.75) is 20.4 Å². The Kier molecular flexibility index (Phi) is 5.08. The van der Waals surface area contributed by atoms with Gasteiger partial charge < -0.3 is 9.80 Å². The molecule has 1 aliphatic heterocycles. The number of fused-ring (bicyclic) bond motifs is 2. The monoisotopic (exact) mass is 366 g/mol. The van der Waals surface area contributed by atoms with Gasteiger partial charge in [0.2, 0.25) is 0 Å². The first kappa shape index (κ1) is 18.8. The van der Waals surface area contributed by atoms with E-state index in [0.717, 1.165) is 5.56 Å². The third-order valence-corrected chi connectivity index (χ3v) is 4.86. The van der Waals surface area contributed by atoms with Gasteiger partial charge in [-0.15, -0.1) is 0 Å². The van der Waals surface area contributed by atoms with Gasteiger partial charge in [0.1, 0.15) is 11.5 Å². The first-order valence-electron chi connectivity index (χ1n) is 9.21. The van der Waals surface area contributed by atoms with Gasteiger partial charge in [0, 0.05) is 27.7 Å². The maximum absolute atomic E-state index is 12.7. The average Bonchev–Trinajstić information content (AvgIpc) is 3.02. The average molecular weight is 366 g/mol. The molecule has 4 rings (SSSR count). The van der Waals surface area contributed by atoms with Gasteiger partial charge in [-0.25, -0.2) is 4.79 Å². The summed E-state index contributed by atoms with van der Waals surface area (Å²) >= 11 is 0. The lowest BCUT2D eigenvalue weighted by atomic mass is 10.1. The van der Waals surface area contributed by atoms with E-state index in [0.29, 0.717) is 24.7 Å². The van der Waals surface area contributed by atoms with E-state index >= 15 is 0 Å². The molecule has 0 bridgehead atoms. The van der Waals surface area contributed by atoms with Crippen LogP contribution in [0.5, 0.6) is 0 Å². The van der Waals surface area contributed by atoms with Crippen molar-refractivity contribution < 1.29 is 0 Å². The van der Waals surface area contributed by atoms with Crippen LogP contribution in [0.1, 0.15) is 19.4 Å². The minimum Gasteiger partial charge on any atom is -0.342 e. The van der Waals surface area contributed by atoms with Crippen LogP contribution in [-0.2, 0) is 20.6 Å². The molecule has 0 amide bonds. The Morgan fingerprint density at radius 2 is 1.56 bits per heavy atom. The molecule has 0 radical (unpaired) electrons. The van der Waals surface area contributed by atoms with Gasteiger partial charge in [-0.2, -0.15) is 0 Å². The van der Waals surface area contributed by atoms with Crippen molar-refractivity contribution >= 4 is 22.3 Å². The lowest BCUT2D eigenvalue weighted by Gasteiger charge is -2.19. The van der Waals surface area contributed by atoms with Crippen LogP contribution in [0.25, 0.3) is 10.8 Å². The van der Waals surface area contributed by atoms with Crippen molar-refractivity contribution in [2.24, 2.45) is 14.1 Å². The molecule has 0 saturated heterocycles. The molecule has 0 aliphatic carbocycles. The maximum atomic E-state index is 12.7. The molecule has 0 N–H and O–H groups in total. The maximum Gasteiger partial charge on any atom is 0.332 e. The van der Waals surface area contributed by atoms with E-state index < -0.39 is 0 Å². The molecular weight excluding hydrogens is 340 g/mol. The van der Waals surface area contributed by atoms with Crippen molar-refractivity contribution in [2.75, 3.05) is 23.5 Å². The summed E-state index contributed by atoms with van der Waals surface area (Å²) in [7, 11) is 5.13. The summed E-state index contributed by atoms with van der Waals surface area (Å²) in [5, 5.41) is 2.38. The van der Waals surface area contributed by atoms with Crippen LogP contribution in [-0.4, -0.2) is 22.9 Å². The predicted molar refractivity (Wildman–Crippen MR) is 112 cm³/mol. The zero-order valence-corrected chi connectivity index (χ0v) is 16.6. The quantitative estimate of drug-likeness (QED) is 0.700. The largest absolute Gasteiger partial charge is 0.342 e. The fourth-order valence-corrected chi connectivity index (χ4v) is 3.61. The van der Waals surface area contributed by atoms with Gasteiger partial charge in [0.25, 0.3) is 5.56 Å². The van der Waals surface area contributed by atoms with Gasteiger partial charge in [0.05, 0.1) is 6.67 Å². The highest BCUT2D eigenvalue weighted by Gasteiger charge is 2.30. The molecule has 27 heavy (non-hydrogen) atoms. The zero-order valence-electron chi connectivity index (χ0n) is 16.6. The highest BCUT2D eigenvalue weighted by molar-refractivity contribution is 5.83. The minimum atomic E-state index is -0.303. The second-order valence-electron chi connectivity index (χ2n) is 6.60. The van der Waals surface area contributed by atoms with Gasteiger partial charge in [0.15, 0.2) is 0 Å². The third-order valence-electron chi connectivity index (χ3n) is 4.86. The number of nitrogens with zero attached hydrogens (tertiary/aromatic N) is 4. The number of aromatic nitrogens is 2. The second-order valence-corrected chi connectivity index (χ2v) is 6.60. The molecule has 1 aliphatic rings. The van der Waals surface area contributed by atoms with Crippen molar-refractivity contribution in [1.29, 1.82) is 0 Å². The molecule has 6 heteroatoms. The fourth-order valence-electron chi connectivity index (χ4n) is 3.61. The highest BCUT2D eigenvalue weighted by Crippen LogP contribution is 2.31. The molecule has 0 atom stereocenters. The summed E-state index contributed by atoms with van der Waals surface area (Å²) in [5.41, 5.74) is 1.17. The molecule has 6 nitrogen and oxygen atoms in total. The Labute approximate surface area is 158 Å². The summed E-state index contributed by atoms with van der Waals surface area (Å²) in [4.78, 5) is 28.8. The smallest absolute Gasteiger partial charge is 0.332 e. The van der Waals surface area contributed by atoms with E-state index in [1.165, 1.54) is 27.0 Å². The van der Waals surface area contributed by atoms with Crippen molar-refractivity contribution in [1.82, 2.24) is 9.13 Å². The molecule has 2 aromatic carbocycles. The minimum absolute atomic E-state index is 0.247. The molecule has 0 spiro atoms. The topological polar surface area (TPSA) is 50.5 Å². The van der Waals surface area contributed by atoms with Crippen LogP contribution >= 0.6 is 0 Å². The number of anilines is 2. The lowest BCUT2D eigenvalue weighted by Crippen LogP contribution is -2.39. The summed E-state index contributed by atoms with van der Waals surface area (Å²) in [6.07, 6.45) is 0. The van der Waals surface area contributed by atoms with E-state index in [1.807, 2.05) is 42.8 Å². The number of rotatable bonds is 2. The van der Waals surface area contributed by atoms with Gasteiger partial charge >= 0.3 is 5.69 Å². The number of hydrogen-bond acceptors (Lipinski definition) is 4. The predicted octanol–water partition coefficient (Wildman–Crippen LogP) is 2.68. The molecular formula is C21H26N4O2. The second kappa shape index (κ2) is 7.31. The zero-order chi connectivity index (χ0) is 19.7.